The van der Waals surface area contributed by atoms with E-state index in [-0.39, 0.29) is 5.56 Å². The molecule has 0 aliphatic rings. The maximum atomic E-state index is 13.6. The maximum Gasteiger partial charge on any atom is 0.194 e. The molecule has 0 spiro atoms. The average molecular weight is 292 g/mol. The monoisotopic (exact) mass is 291 g/mol. The van der Waals surface area contributed by atoms with Crippen LogP contribution in [0, 0.1) is 24.4 Å². The standard InChI is InChI=1S/C12H9ClF3NS/c1-5-4-18-12(8(5)13)11(17)6-2-3-7(14)10(16)9(6)15/h2-4,11H,17H2,1H3. The van der Waals surface area contributed by atoms with Gasteiger partial charge in [0.05, 0.1) is 11.1 Å². The lowest BCUT2D eigenvalue weighted by Gasteiger charge is -2.12. The van der Waals surface area contributed by atoms with Crippen molar-refractivity contribution in [2.75, 3.05) is 0 Å². The molecule has 0 saturated carbocycles. The van der Waals surface area contributed by atoms with E-state index in [2.05, 4.69) is 0 Å². The molecule has 1 aromatic carbocycles. The van der Waals surface area contributed by atoms with Crippen molar-refractivity contribution >= 4 is 22.9 Å². The molecule has 2 rings (SSSR count). The zero-order valence-corrected chi connectivity index (χ0v) is 10.9. The van der Waals surface area contributed by atoms with E-state index in [4.69, 9.17) is 17.3 Å². The Morgan fingerprint density at radius 2 is 1.89 bits per heavy atom. The van der Waals surface area contributed by atoms with Gasteiger partial charge < -0.3 is 5.73 Å². The minimum absolute atomic E-state index is 0.113. The highest BCUT2D eigenvalue weighted by atomic mass is 35.5. The fourth-order valence-corrected chi connectivity index (χ4v) is 2.91. The third-order valence-corrected chi connectivity index (χ3v) is 4.40. The molecular weight excluding hydrogens is 283 g/mol. The van der Waals surface area contributed by atoms with Gasteiger partial charge in [-0.2, -0.15) is 0 Å². The highest BCUT2D eigenvalue weighted by Crippen LogP contribution is 2.35. The molecule has 96 valence electrons. The quantitative estimate of drug-likeness (QED) is 0.826. The minimum atomic E-state index is -1.52. The van der Waals surface area contributed by atoms with Crippen LogP contribution in [-0.2, 0) is 0 Å². The van der Waals surface area contributed by atoms with E-state index in [0.29, 0.717) is 9.90 Å². The number of benzene rings is 1. The highest BCUT2D eigenvalue weighted by Gasteiger charge is 2.22. The van der Waals surface area contributed by atoms with Crippen LogP contribution in [0.4, 0.5) is 13.2 Å². The Morgan fingerprint density at radius 3 is 2.44 bits per heavy atom. The largest absolute Gasteiger partial charge is 0.319 e. The summed E-state index contributed by atoms with van der Waals surface area (Å²) in [5.74, 6) is -4.03. The SMILES string of the molecule is Cc1csc(C(N)c2ccc(F)c(F)c2F)c1Cl. The number of nitrogens with two attached hydrogens (primary N) is 1. The maximum absolute atomic E-state index is 13.6. The van der Waals surface area contributed by atoms with Gasteiger partial charge in [-0.05, 0) is 23.9 Å². The van der Waals surface area contributed by atoms with Crippen LogP contribution in [0.5, 0.6) is 0 Å². The topological polar surface area (TPSA) is 26.0 Å². The Hall–Kier alpha value is -1.04. The number of aryl methyl sites for hydroxylation is 1. The molecule has 1 aromatic heterocycles. The number of hydrogen-bond acceptors (Lipinski definition) is 2. The average Bonchev–Trinajstić information content (AvgIpc) is 2.67. The summed E-state index contributed by atoms with van der Waals surface area (Å²) in [6.07, 6.45) is 0. The molecule has 0 aliphatic heterocycles. The second-order valence-corrected chi connectivity index (χ2v) is 5.13. The Balaban J connectivity index is 2.50. The van der Waals surface area contributed by atoms with Crippen molar-refractivity contribution in [3.05, 3.63) is 56.0 Å². The number of thiophene rings is 1. The first-order valence-electron chi connectivity index (χ1n) is 5.06. The number of hydrogen-bond donors (Lipinski definition) is 1. The van der Waals surface area contributed by atoms with Crippen LogP contribution >= 0.6 is 22.9 Å². The lowest BCUT2D eigenvalue weighted by atomic mass is 10.0. The summed E-state index contributed by atoms with van der Waals surface area (Å²) in [6.45, 7) is 1.79. The van der Waals surface area contributed by atoms with Crippen molar-refractivity contribution in [1.82, 2.24) is 0 Å². The molecule has 6 heteroatoms. The molecular formula is C12H9ClF3NS. The molecule has 0 radical (unpaired) electrons. The van der Waals surface area contributed by atoms with Crippen LogP contribution in [0.3, 0.4) is 0 Å². The van der Waals surface area contributed by atoms with Crippen molar-refractivity contribution in [3.63, 3.8) is 0 Å². The fraction of sp³-hybridized carbons (Fsp3) is 0.167. The van der Waals surface area contributed by atoms with Crippen LogP contribution in [0.2, 0.25) is 5.02 Å². The molecule has 0 aliphatic carbocycles. The molecule has 1 unspecified atom stereocenters. The molecule has 0 bridgehead atoms. The van der Waals surface area contributed by atoms with Crippen LogP contribution < -0.4 is 5.73 Å². The van der Waals surface area contributed by atoms with Crippen molar-refractivity contribution in [2.24, 2.45) is 5.73 Å². The van der Waals surface area contributed by atoms with Gasteiger partial charge in [0.1, 0.15) is 0 Å². The third-order valence-electron chi connectivity index (χ3n) is 2.61. The molecule has 18 heavy (non-hydrogen) atoms. The number of rotatable bonds is 2. The minimum Gasteiger partial charge on any atom is -0.319 e. The van der Waals surface area contributed by atoms with Crippen LogP contribution in [0.1, 0.15) is 22.0 Å². The van der Waals surface area contributed by atoms with Crippen LogP contribution in [0.25, 0.3) is 0 Å². The predicted octanol–water partition coefficient (Wildman–Crippen LogP) is 4.18. The third kappa shape index (κ3) is 2.13. The Bertz CT molecular complexity index is 597. The summed E-state index contributed by atoms with van der Waals surface area (Å²) in [5.41, 5.74) is 6.55. The van der Waals surface area contributed by atoms with Gasteiger partial charge in [-0.25, -0.2) is 13.2 Å². The summed E-state index contributed by atoms with van der Waals surface area (Å²) >= 11 is 7.28. The first-order chi connectivity index (χ1) is 8.43. The molecule has 1 heterocycles. The van der Waals surface area contributed by atoms with Crippen LogP contribution in [0.15, 0.2) is 17.5 Å². The van der Waals surface area contributed by atoms with Crippen LogP contribution in [-0.4, -0.2) is 0 Å². The predicted molar refractivity (Wildman–Crippen MR) is 66.4 cm³/mol. The van der Waals surface area contributed by atoms with E-state index < -0.39 is 23.5 Å². The summed E-state index contributed by atoms with van der Waals surface area (Å²) in [6, 6.07) is 1.07. The molecule has 1 nitrogen and oxygen atoms in total. The van der Waals surface area contributed by atoms with Crippen molar-refractivity contribution < 1.29 is 13.2 Å². The van der Waals surface area contributed by atoms with Gasteiger partial charge in [-0.3, -0.25) is 0 Å². The molecule has 0 amide bonds. The van der Waals surface area contributed by atoms with Crippen molar-refractivity contribution in [2.45, 2.75) is 13.0 Å². The highest BCUT2D eigenvalue weighted by molar-refractivity contribution is 7.10. The van der Waals surface area contributed by atoms with Gasteiger partial charge in [0.25, 0.3) is 0 Å². The van der Waals surface area contributed by atoms with Gasteiger partial charge in [-0.15, -0.1) is 11.3 Å². The summed E-state index contributed by atoms with van der Waals surface area (Å²) < 4.78 is 39.6. The van der Waals surface area contributed by atoms with E-state index >= 15 is 0 Å². The second kappa shape index (κ2) is 4.91. The molecule has 1 atom stereocenters. The van der Waals surface area contributed by atoms with E-state index in [1.165, 1.54) is 11.3 Å². The lowest BCUT2D eigenvalue weighted by molar-refractivity contribution is 0.439. The molecule has 0 fully saturated rings. The summed E-state index contributed by atoms with van der Waals surface area (Å²) in [5, 5.41) is 2.20. The molecule has 2 aromatic rings. The van der Waals surface area contributed by atoms with Gasteiger partial charge in [0, 0.05) is 10.4 Å². The zero-order chi connectivity index (χ0) is 13.4. The Labute approximate surface area is 111 Å². The van der Waals surface area contributed by atoms with Crippen molar-refractivity contribution in [3.8, 4) is 0 Å². The Kier molecular flexibility index (Phi) is 3.66. The second-order valence-electron chi connectivity index (χ2n) is 3.84. The molecule has 0 saturated heterocycles. The fourth-order valence-electron chi connectivity index (χ4n) is 1.58. The molecule has 2 N–H and O–H groups in total. The normalized spacial score (nSPS) is 12.8. The zero-order valence-electron chi connectivity index (χ0n) is 9.31. The Morgan fingerprint density at radius 1 is 1.22 bits per heavy atom. The summed E-state index contributed by atoms with van der Waals surface area (Å²) in [7, 11) is 0. The van der Waals surface area contributed by atoms with Crippen molar-refractivity contribution in [1.29, 1.82) is 0 Å². The first-order valence-corrected chi connectivity index (χ1v) is 6.31. The lowest BCUT2D eigenvalue weighted by Crippen LogP contribution is -2.14. The van der Waals surface area contributed by atoms with E-state index in [0.717, 1.165) is 17.7 Å². The van der Waals surface area contributed by atoms with E-state index in [9.17, 15) is 13.2 Å². The van der Waals surface area contributed by atoms with Gasteiger partial charge in [0.2, 0.25) is 0 Å². The van der Waals surface area contributed by atoms with E-state index in [1.807, 2.05) is 0 Å². The number of halogens is 4. The summed E-state index contributed by atoms with van der Waals surface area (Å²) in [4.78, 5) is 0.527. The smallest absolute Gasteiger partial charge is 0.194 e. The van der Waals surface area contributed by atoms with Gasteiger partial charge in [-0.1, -0.05) is 17.7 Å². The first kappa shape index (κ1) is 13.4. The van der Waals surface area contributed by atoms with Gasteiger partial charge >= 0.3 is 0 Å². The van der Waals surface area contributed by atoms with E-state index in [1.54, 1.807) is 12.3 Å². The van der Waals surface area contributed by atoms with Gasteiger partial charge in [0.15, 0.2) is 17.5 Å².